The van der Waals surface area contributed by atoms with Gasteiger partial charge in [0.1, 0.15) is 6.61 Å². The lowest BCUT2D eigenvalue weighted by atomic mass is 10.1. The maximum atomic E-state index is 11.3. The maximum absolute atomic E-state index is 11.3. The van der Waals surface area contributed by atoms with Crippen LogP contribution in [0.5, 0.6) is 0 Å². The van der Waals surface area contributed by atoms with E-state index in [9.17, 15) is 13.2 Å². The van der Waals surface area contributed by atoms with Crippen LogP contribution in [0.25, 0.3) is 0 Å². The van der Waals surface area contributed by atoms with Gasteiger partial charge in [0.2, 0.25) is 5.91 Å². The Morgan fingerprint density at radius 3 is 2.39 bits per heavy atom. The lowest BCUT2D eigenvalue weighted by Gasteiger charge is -2.14. The summed E-state index contributed by atoms with van der Waals surface area (Å²) in [5.41, 5.74) is 0.781. The zero-order valence-electron chi connectivity index (χ0n) is 10.0. The molecule has 0 heterocycles. The molecule has 0 bridgehead atoms. The second-order valence-electron chi connectivity index (χ2n) is 3.73. The third kappa shape index (κ3) is 4.29. The fourth-order valence-electron chi connectivity index (χ4n) is 1.42. The molecule has 0 saturated carbocycles. The molecule has 0 aromatic heterocycles. The van der Waals surface area contributed by atoms with E-state index in [1.807, 2.05) is 0 Å². The van der Waals surface area contributed by atoms with Crippen molar-refractivity contribution in [2.75, 3.05) is 13.7 Å². The first-order valence-electron chi connectivity index (χ1n) is 5.17. The highest BCUT2D eigenvalue weighted by Gasteiger charge is 2.12. The van der Waals surface area contributed by atoms with Gasteiger partial charge in [0.25, 0.3) is 9.05 Å². The van der Waals surface area contributed by atoms with E-state index in [2.05, 4.69) is 5.32 Å². The summed E-state index contributed by atoms with van der Waals surface area (Å²) in [4.78, 5) is 11.3. The molecule has 1 aromatic rings. The van der Waals surface area contributed by atoms with E-state index in [4.69, 9.17) is 15.4 Å². The molecular formula is C11H14ClNO4S. The predicted octanol–water partition coefficient (Wildman–Crippen LogP) is 1.44. The number of benzene rings is 1. The van der Waals surface area contributed by atoms with Gasteiger partial charge in [-0.2, -0.15) is 0 Å². The molecule has 0 fully saturated rings. The fourth-order valence-corrected chi connectivity index (χ4v) is 2.19. The topological polar surface area (TPSA) is 72.5 Å². The number of halogens is 1. The van der Waals surface area contributed by atoms with Crippen LogP contribution in [0.4, 0.5) is 0 Å². The normalized spacial score (nSPS) is 13.1. The number of hydrogen-bond acceptors (Lipinski definition) is 4. The lowest BCUT2D eigenvalue weighted by molar-refractivity contribution is -0.125. The highest BCUT2D eigenvalue weighted by Crippen LogP contribution is 2.18. The van der Waals surface area contributed by atoms with Crippen molar-refractivity contribution < 1.29 is 17.9 Å². The Morgan fingerprint density at radius 1 is 1.39 bits per heavy atom. The van der Waals surface area contributed by atoms with Gasteiger partial charge in [-0.3, -0.25) is 4.79 Å². The summed E-state index contributed by atoms with van der Waals surface area (Å²) in [5.74, 6) is -0.237. The molecule has 0 aliphatic carbocycles. The summed E-state index contributed by atoms with van der Waals surface area (Å²) in [7, 11) is 2.92. The van der Waals surface area contributed by atoms with Crippen LogP contribution in [-0.4, -0.2) is 28.0 Å². The fraction of sp³-hybridized carbons (Fsp3) is 0.364. The maximum Gasteiger partial charge on any atom is 0.261 e. The first-order chi connectivity index (χ1) is 8.34. The minimum atomic E-state index is -3.71. The van der Waals surface area contributed by atoms with E-state index in [0.717, 1.165) is 5.56 Å². The molecule has 18 heavy (non-hydrogen) atoms. The molecule has 7 heteroatoms. The van der Waals surface area contributed by atoms with Crippen LogP contribution in [0, 0.1) is 0 Å². The summed E-state index contributed by atoms with van der Waals surface area (Å²) < 4.78 is 26.8. The molecule has 0 spiro atoms. The van der Waals surface area contributed by atoms with E-state index in [-0.39, 0.29) is 23.5 Å². The van der Waals surface area contributed by atoms with Crippen LogP contribution in [0.3, 0.4) is 0 Å². The number of rotatable bonds is 5. The minimum Gasteiger partial charge on any atom is -0.375 e. The molecular weight excluding hydrogens is 278 g/mol. The predicted molar refractivity (Wildman–Crippen MR) is 67.9 cm³/mol. The summed E-state index contributed by atoms with van der Waals surface area (Å²) >= 11 is 0. The van der Waals surface area contributed by atoms with Gasteiger partial charge >= 0.3 is 0 Å². The number of ether oxygens (including phenoxy) is 1. The standard InChI is InChI=1S/C11H14ClNO4S/c1-8(13-11(14)7-17-2)9-3-5-10(6-4-9)18(12,15)16/h3-6,8H,7H2,1-2H3,(H,13,14). The van der Waals surface area contributed by atoms with E-state index < -0.39 is 9.05 Å². The molecule has 1 unspecified atom stereocenters. The van der Waals surface area contributed by atoms with Crippen molar-refractivity contribution in [2.45, 2.75) is 17.9 Å². The Kier molecular flexibility index (Phi) is 5.13. The van der Waals surface area contributed by atoms with Crippen molar-refractivity contribution in [2.24, 2.45) is 0 Å². The molecule has 0 radical (unpaired) electrons. The van der Waals surface area contributed by atoms with Gasteiger partial charge in [0, 0.05) is 17.8 Å². The van der Waals surface area contributed by atoms with Crippen molar-refractivity contribution in [3.05, 3.63) is 29.8 Å². The Bertz CT molecular complexity index is 512. The molecule has 5 nitrogen and oxygen atoms in total. The van der Waals surface area contributed by atoms with Gasteiger partial charge < -0.3 is 10.1 Å². The van der Waals surface area contributed by atoms with Crippen LogP contribution in [0.2, 0.25) is 0 Å². The number of carbonyl (C=O) groups is 1. The highest BCUT2D eigenvalue weighted by atomic mass is 35.7. The van der Waals surface area contributed by atoms with Crippen molar-refractivity contribution in [3.8, 4) is 0 Å². The average molecular weight is 292 g/mol. The van der Waals surface area contributed by atoms with Crippen molar-refractivity contribution in [1.29, 1.82) is 0 Å². The summed E-state index contributed by atoms with van der Waals surface area (Å²) in [5, 5.41) is 2.71. The van der Waals surface area contributed by atoms with Gasteiger partial charge in [-0.15, -0.1) is 0 Å². The molecule has 0 saturated heterocycles. The summed E-state index contributed by atoms with van der Waals surface area (Å²) in [6, 6.07) is 5.77. The Hall–Kier alpha value is -1.11. The minimum absolute atomic E-state index is 0.0154. The zero-order valence-corrected chi connectivity index (χ0v) is 11.6. The summed E-state index contributed by atoms with van der Waals surface area (Å²) in [6.45, 7) is 1.77. The molecule has 1 rings (SSSR count). The van der Waals surface area contributed by atoms with Crippen molar-refractivity contribution in [3.63, 3.8) is 0 Å². The van der Waals surface area contributed by atoms with E-state index in [1.54, 1.807) is 19.1 Å². The molecule has 100 valence electrons. The van der Waals surface area contributed by atoms with Gasteiger partial charge in [0.15, 0.2) is 0 Å². The van der Waals surface area contributed by atoms with Crippen molar-refractivity contribution >= 4 is 25.6 Å². The van der Waals surface area contributed by atoms with Crippen molar-refractivity contribution in [1.82, 2.24) is 5.32 Å². The Balaban J connectivity index is 2.76. The second-order valence-corrected chi connectivity index (χ2v) is 6.30. The lowest BCUT2D eigenvalue weighted by Crippen LogP contribution is -2.29. The number of carbonyl (C=O) groups excluding carboxylic acids is 1. The van der Waals surface area contributed by atoms with Gasteiger partial charge in [-0.1, -0.05) is 12.1 Å². The monoisotopic (exact) mass is 291 g/mol. The number of amides is 1. The summed E-state index contributed by atoms with van der Waals surface area (Å²) in [6.07, 6.45) is 0. The van der Waals surface area contributed by atoms with Crippen LogP contribution >= 0.6 is 10.7 Å². The molecule has 1 aromatic carbocycles. The third-order valence-corrected chi connectivity index (χ3v) is 3.68. The average Bonchev–Trinajstić information content (AvgIpc) is 2.28. The number of hydrogen-bond donors (Lipinski definition) is 1. The highest BCUT2D eigenvalue weighted by molar-refractivity contribution is 8.13. The van der Waals surface area contributed by atoms with Gasteiger partial charge in [0.05, 0.1) is 10.9 Å². The molecule has 1 amide bonds. The van der Waals surface area contributed by atoms with Crippen LogP contribution < -0.4 is 5.32 Å². The van der Waals surface area contributed by atoms with E-state index in [0.29, 0.717) is 0 Å². The first kappa shape index (κ1) is 14.9. The molecule has 0 aliphatic rings. The molecule has 1 N–H and O–H groups in total. The van der Waals surface area contributed by atoms with Gasteiger partial charge in [-0.25, -0.2) is 8.42 Å². The quantitative estimate of drug-likeness (QED) is 0.833. The third-order valence-electron chi connectivity index (χ3n) is 2.31. The zero-order chi connectivity index (χ0) is 13.8. The van der Waals surface area contributed by atoms with E-state index in [1.165, 1.54) is 19.2 Å². The van der Waals surface area contributed by atoms with Crippen LogP contribution in [0.1, 0.15) is 18.5 Å². The Labute approximate surface area is 111 Å². The molecule has 1 atom stereocenters. The van der Waals surface area contributed by atoms with Crippen LogP contribution in [0.15, 0.2) is 29.2 Å². The SMILES string of the molecule is COCC(=O)NC(C)c1ccc(S(=O)(=O)Cl)cc1. The Morgan fingerprint density at radius 2 is 1.94 bits per heavy atom. The van der Waals surface area contributed by atoms with Gasteiger partial charge in [-0.05, 0) is 24.6 Å². The first-order valence-corrected chi connectivity index (χ1v) is 7.48. The number of nitrogens with one attached hydrogen (secondary N) is 1. The largest absolute Gasteiger partial charge is 0.375 e. The number of methoxy groups -OCH3 is 1. The second kappa shape index (κ2) is 6.17. The van der Waals surface area contributed by atoms with Crippen LogP contribution in [-0.2, 0) is 18.6 Å². The van der Waals surface area contributed by atoms with E-state index >= 15 is 0 Å². The molecule has 0 aliphatic heterocycles. The smallest absolute Gasteiger partial charge is 0.261 e.